The lowest BCUT2D eigenvalue weighted by molar-refractivity contribution is -0.153. The van der Waals surface area contributed by atoms with Gasteiger partial charge in [-0.05, 0) is 62.6 Å². The molecular formula is C34H39F3N4O5. The van der Waals surface area contributed by atoms with E-state index < -0.39 is 17.8 Å². The van der Waals surface area contributed by atoms with Crippen LogP contribution in [0.5, 0.6) is 11.6 Å². The van der Waals surface area contributed by atoms with Crippen molar-refractivity contribution in [2.24, 2.45) is 0 Å². The Labute approximate surface area is 266 Å². The third-order valence-electron chi connectivity index (χ3n) is 9.34. The molecule has 0 bridgehead atoms. The van der Waals surface area contributed by atoms with Crippen LogP contribution in [-0.2, 0) is 32.4 Å². The van der Waals surface area contributed by atoms with Gasteiger partial charge in [0.2, 0.25) is 5.88 Å². The molecule has 246 valence electrons. The van der Waals surface area contributed by atoms with Gasteiger partial charge in [0.05, 0.1) is 49.6 Å². The first-order valence-corrected chi connectivity index (χ1v) is 15.8. The van der Waals surface area contributed by atoms with Gasteiger partial charge in [-0.1, -0.05) is 12.1 Å². The highest BCUT2D eigenvalue weighted by Crippen LogP contribution is 2.47. The maximum absolute atomic E-state index is 14.2. The van der Waals surface area contributed by atoms with E-state index in [0.717, 1.165) is 22.5 Å². The molecule has 3 aliphatic rings. The molecule has 5 heterocycles. The molecule has 2 aromatic heterocycles. The normalized spacial score (nSPS) is 21.2. The van der Waals surface area contributed by atoms with Gasteiger partial charge >= 0.3 is 12.1 Å². The Hall–Kier alpha value is -3.90. The van der Waals surface area contributed by atoms with Crippen LogP contribution in [0.25, 0.3) is 11.3 Å². The highest BCUT2D eigenvalue weighted by atomic mass is 19.4. The first-order chi connectivity index (χ1) is 22.2. The number of rotatable bonds is 8. The second-order valence-electron chi connectivity index (χ2n) is 12.0. The van der Waals surface area contributed by atoms with Gasteiger partial charge in [0.25, 0.3) is 0 Å². The number of nitrogens with zero attached hydrogens (tertiary/aromatic N) is 4. The zero-order chi connectivity index (χ0) is 32.5. The summed E-state index contributed by atoms with van der Waals surface area (Å²) in [5.74, 6) is -0.0339. The number of anilines is 1. The molecule has 2 unspecified atom stereocenters. The smallest absolute Gasteiger partial charge is 0.421 e. The minimum atomic E-state index is -4.56. The lowest BCUT2D eigenvalue weighted by Gasteiger charge is -2.50. The van der Waals surface area contributed by atoms with E-state index in [0.29, 0.717) is 64.5 Å². The van der Waals surface area contributed by atoms with Gasteiger partial charge < -0.3 is 23.8 Å². The van der Waals surface area contributed by atoms with Crippen molar-refractivity contribution >= 4 is 11.7 Å². The quantitative estimate of drug-likeness (QED) is 0.290. The second kappa shape index (κ2) is 13.1. The van der Waals surface area contributed by atoms with Crippen LogP contribution >= 0.6 is 0 Å². The molecule has 12 heteroatoms. The third-order valence-corrected chi connectivity index (χ3v) is 9.34. The molecule has 2 atom stereocenters. The summed E-state index contributed by atoms with van der Waals surface area (Å²) in [4.78, 5) is 26.2. The van der Waals surface area contributed by atoms with Crippen LogP contribution in [0, 0.1) is 0 Å². The number of piperidine rings is 1. The van der Waals surface area contributed by atoms with Gasteiger partial charge in [0.15, 0.2) is 6.10 Å². The minimum absolute atomic E-state index is 0.0319. The SMILES string of the molecule is CCOC(=O)C1CC(N2Cc3nc(-c4cccnc4OCC)ccc3C3(CCN(c4cccc(OC)c4C(F)(F)F)CC3)C2)CO1. The van der Waals surface area contributed by atoms with Crippen molar-refractivity contribution < 1.29 is 36.9 Å². The summed E-state index contributed by atoms with van der Waals surface area (Å²) in [7, 11) is 1.26. The van der Waals surface area contributed by atoms with Crippen LogP contribution in [0.3, 0.4) is 0 Å². The summed E-state index contributed by atoms with van der Waals surface area (Å²) < 4.78 is 64.7. The van der Waals surface area contributed by atoms with Crippen molar-refractivity contribution in [2.45, 2.75) is 63.4 Å². The lowest BCUT2D eigenvalue weighted by atomic mass is 9.69. The molecule has 0 amide bonds. The van der Waals surface area contributed by atoms with E-state index in [9.17, 15) is 18.0 Å². The number of esters is 1. The fourth-order valence-electron chi connectivity index (χ4n) is 7.18. The first-order valence-electron chi connectivity index (χ1n) is 15.8. The molecule has 9 nitrogen and oxygen atoms in total. The second-order valence-corrected chi connectivity index (χ2v) is 12.0. The van der Waals surface area contributed by atoms with Crippen LogP contribution in [0.15, 0.2) is 48.7 Å². The summed E-state index contributed by atoms with van der Waals surface area (Å²) in [5, 5.41) is 0. The standard InChI is InChI=1S/C34H39F3N4O5/c1-4-44-31-23(8-7-15-38-31)25-12-11-24-26(39-25)19-41(22-18-29(46-20-22)32(42)45-5-2)21-33(24)13-16-40(17-14-33)27-9-6-10-28(43-3)30(27)34(35,36)37/h6-12,15,22,29H,4-5,13-14,16-21H2,1-3H3. The number of hydrogen-bond acceptors (Lipinski definition) is 9. The van der Waals surface area contributed by atoms with Crippen molar-refractivity contribution in [1.29, 1.82) is 0 Å². The molecule has 3 aliphatic heterocycles. The van der Waals surface area contributed by atoms with Gasteiger partial charge in [0, 0.05) is 50.3 Å². The summed E-state index contributed by atoms with van der Waals surface area (Å²) in [6.45, 7) is 6.90. The van der Waals surface area contributed by atoms with Crippen molar-refractivity contribution in [1.82, 2.24) is 14.9 Å². The van der Waals surface area contributed by atoms with Gasteiger partial charge in [0.1, 0.15) is 11.3 Å². The Bertz CT molecular complexity index is 1560. The number of benzene rings is 1. The Kier molecular flexibility index (Phi) is 9.11. The number of alkyl halides is 3. The first kappa shape index (κ1) is 32.1. The van der Waals surface area contributed by atoms with Crippen molar-refractivity contribution in [2.75, 3.05) is 51.5 Å². The van der Waals surface area contributed by atoms with Gasteiger partial charge in [-0.15, -0.1) is 0 Å². The molecule has 1 spiro atoms. The van der Waals surface area contributed by atoms with E-state index in [4.69, 9.17) is 23.9 Å². The largest absolute Gasteiger partial charge is 0.496 e. The summed E-state index contributed by atoms with van der Waals surface area (Å²) >= 11 is 0. The zero-order valence-corrected chi connectivity index (χ0v) is 26.3. The molecule has 1 aromatic carbocycles. The molecule has 0 radical (unpaired) electrons. The number of ether oxygens (including phenoxy) is 4. The molecular weight excluding hydrogens is 601 g/mol. The lowest BCUT2D eigenvalue weighted by Crippen LogP contribution is -2.54. The Balaban J connectivity index is 1.33. The Morgan fingerprint density at radius 3 is 2.61 bits per heavy atom. The molecule has 3 aromatic rings. The average molecular weight is 641 g/mol. The molecule has 46 heavy (non-hydrogen) atoms. The van der Waals surface area contributed by atoms with Crippen LogP contribution in [-0.4, -0.2) is 79.5 Å². The van der Waals surface area contributed by atoms with E-state index in [1.165, 1.54) is 19.2 Å². The Morgan fingerprint density at radius 1 is 1.09 bits per heavy atom. The van der Waals surface area contributed by atoms with Crippen molar-refractivity contribution in [3.8, 4) is 22.9 Å². The number of methoxy groups -OCH3 is 1. The molecule has 0 aliphatic carbocycles. The minimum Gasteiger partial charge on any atom is -0.496 e. The summed E-state index contributed by atoms with van der Waals surface area (Å²) in [5.41, 5.74) is 2.56. The molecule has 0 saturated carbocycles. The van der Waals surface area contributed by atoms with E-state index in [-0.39, 0.29) is 35.5 Å². The van der Waals surface area contributed by atoms with E-state index in [2.05, 4.69) is 16.0 Å². The number of halogens is 3. The van der Waals surface area contributed by atoms with Crippen molar-refractivity contribution in [3.63, 3.8) is 0 Å². The van der Waals surface area contributed by atoms with E-state index in [1.54, 1.807) is 19.2 Å². The van der Waals surface area contributed by atoms with Gasteiger partial charge in [-0.3, -0.25) is 9.88 Å². The highest BCUT2D eigenvalue weighted by molar-refractivity contribution is 5.75. The van der Waals surface area contributed by atoms with Crippen molar-refractivity contribution in [3.05, 3.63) is 65.5 Å². The molecule has 6 rings (SSSR count). The van der Waals surface area contributed by atoms with E-state index >= 15 is 0 Å². The maximum Gasteiger partial charge on any atom is 0.421 e. The van der Waals surface area contributed by atoms with Gasteiger partial charge in [-0.25, -0.2) is 9.78 Å². The van der Waals surface area contributed by atoms with Gasteiger partial charge in [-0.2, -0.15) is 13.2 Å². The van der Waals surface area contributed by atoms with E-state index in [1.807, 2.05) is 30.0 Å². The number of carbonyl (C=O) groups is 1. The summed E-state index contributed by atoms with van der Waals surface area (Å²) in [6, 6.07) is 12.3. The number of carbonyl (C=O) groups excluding carboxylic acids is 1. The number of pyridine rings is 2. The summed E-state index contributed by atoms with van der Waals surface area (Å²) in [6.07, 6.45) is -1.75. The number of hydrogen-bond donors (Lipinski definition) is 0. The van der Waals surface area contributed by atoms with Crippen LogP contribution < -0.4 is 14.4 Å². The molecule has 2 fully saturated rings. The number of fused-ring (bicyclic) bond motifs is 2. The third kappa shape index (κ3) is 6.12. The predicted octanol–water partition coefficient (Wildman–Crippen LogP) is 5.64. The monoisotopic (exact) mass is 640 g/mol. The Morgan fingerprint density at radius 2 is 1.89 bits per heavy atom. The van der Waals surface area contributed by atoms with Crippen LogP contribution in [0.2, 0.25) is 0 Å². The molecule has 0 N–H and O–H groups in total. The van der Waals surface area contributed by atoms with Crippen LogP contribution in [0.4, 0.5) is 18.9 Å². The maximum atomic E-state index is 14.2. The topological polar surface area (TPSA) is 86.2 Å². The fourth-order valence-corrected chi connectivity index (χ4v) is 7.18. The fraction of sp³-hybridized carbons (Fsp3) is 0.500. The highest BCUT2D eigenvalue weighted by Gasteiger charge is 2.47. The van der Waals surface area contributed by atoms with Crippen LogP contribution in [0.1, 0.15) is 49.9 Å². The zero-order valence-electron chi connectivity index (χ0n) is 26.3. The predicted molar refractivity (Wildman–Crippen MR) is 165 cm³/mol. The molecule has 2 saturated heterocycles. The number of aromatic nitrogens is 2. The average Bonchev–Trinajstić information content (AvgIpc) is 3.56.